The first-order valence-electron chi connectivity index (χ1n) is 6.94. The minimum atomic E-state index is 0.169. The summed E-state index contributed by atoms with van der Waals surface area (Å²) in [5.74, 6) is 0.169. The molecule has 1 spiro atoms. The zero-order valence-corrected chi connectivity index (χ0v) is 10.3. The average Bonchev–Trinajstić information content (AvgIpc) is 3.01. The van der Waals surface area contributed by atoms with Gasteiger partial charge in [0.05, 0.1) is 11.7 Å². The average molecular weight is 238 g/mol. The Labute approximate surface area is 102 Å². The lowest BCUT2D eigenvalue weighted by Crippen LogP contribution is -2.38. The number of amides is 1. The molecule has 4 heteroatoms. The molecule has 1 amide bonds. The second-order valence-electron chi connectivity index (χ2n) is 5.78. The number of nitrogens with one attached hydrogen (secondary N) is 2. The minimum absolute atomic E-state index is 0.169. The molecular weight excluding hydrogens is 216 g/mol. The summed E-state index contributed by atoms with van der Waals surface area (Å²) in [5.41, 5.74) is 0.232. The Balaban J connectivity index is 1.43. The van der Waals surface area contributed by atoms with Gasteiger partial charge in [0, 0.05) is 25.6 Å². The van der Waals surface area contributed by atoms with E-state index in [1.807, 2.05) is 0 Å². The molecule has 2 atom stereocenters. The van der Waals surface area contributed by atoms with Crippen LogP contribution in [0.2, 0.25) is 0 Å². The molecule has 0 aromatic rings. The van der Waals surface area contributed by atoms with Gasteiger partial charge in [0.2, 0.25) is 5.91 Å². The van der Waals surface area contributed by atoms with Crippen LogP contribution in [0, 0.1) is 0 Å². The fourth-order valence-electron chi connectivity index (χ4n) is 3.47. The normalized spacial score (nSPS) is 35.6. The van der Waals surface area contributed by atoms with Crippen LogP contribution < -0.4 is 10.6 Å². The van der Waals surface area contributed by atoms with Crippen LogP contribution in [0.15, 0.2) is 0 Å². The molecule has 2 saturated heterocycles. The van der Waals surface area contributed by atoms with Crippen molar-refractivity contribution in [2.75, 3.05) is 13.1 Å². The van der Waals surface area contributed by atoms with Crippen molar-refractivity contribution in [2.45, 2.75) is 62.7 Å². The molecule has 0 radical (unpaired) electrons. The molecule has 2 N–H and O–H groups in total. The minimum Gasteiger partial charge on any atom is -0.370 e. The fourth-order valence-corrected chi connectivity index (χ4v) is 3.47. The highest BCUT2D eigenvalue weighted by molar-refractivity contribution is 5.78. The maximum Gasteiger partial charge on any atom is 0.221 e. The highest BCUT2D eigenvalue weighted by atomic mass is 16.5. The van der Waals surface area contributed by atoms with E-state index in [4.69, 9.17) is 4.74 Å². The van der Waals surface area contributed by atoms with Crippen LogP contribution >= 0.6 is 0 Å². The number of carbonyl (C=O) groups excluding carboxylic acids is 1. The summed E-state index contributed by atoms with van der Waals surface area (Å²) >= 11 is 0. The summed E-state index contributed by atoms with van der Waals surface area (Å²) in [6.07, 6.45) is 8.59. The molecule has 0 bridgehead atoms. The highest BCUT2D eigenvalue weighted by Gasteiger charge is 2.42. The fraction of sp³-hybridized carbons (Fsp3) is 0.923. The van der Waals surface area contributed by atoms with E-state index in [0.717, 1.165) is 13.1 Å². The van der Waals surface area contributed by atoms with Gasteiger partial charge in [-0.15, -0.1) is 0 Å². The Bertz CT molecular complexity index is 300. The van der Waals surface area contributed by atoms with Gasteiger partial charge in [-0.2, -0.15) is 0 Å². The number of hydrogen-bond donors (Lipinski definition) is 2. The predicted octanol–water partition coefficient (Wildman–Crippen LogP) is 0.956. The zero-order valence-electron chi connectivity index (χ0n) is 10.3. The van der Waals surface area contributed by atoms with Crippen LogP contribution in [0.25, 0.3) is 0 Å². The van der Waals surface area contributed by atoms with Gasteiger partial charge in [0.1, 0.15) is 0 Å². The number of hydrogen-bond acceptors (Lipinski definition) is 3. The monoisotopic (exact) mass is 238 g/mol. The SMILES string of the molecule is O=C1CC(NCC2CCC3(CCCC3)O2)CN1. The first-order valence-corrected chi connectivity index (χ1v) is 6.94. The number of rotatable bonds is 3. The van der Waals surface area contributed by atoms with Gasteiger partial charge >= 0.3 is 0 Å². The topological polar surface area (TPSA) is 50.4 Å². The molecular formula is C13H22N2O2. The van der Waals surface area contributed by atoms with Crippen molar-refractivity contribution in [3.8, 4) is 0 Å². The Morgan fingerprint density at radius 1 is 1.35 bits per heavy atom. The lowest BCUT2D eigenvalue weighted by atomic mass is 9.98. The van der Waals surface area contributed by atoms with E-state index in [1.54, 1.807) is 0 Å². The Morgan fingerprint density at radius 2 is 2.18 bits per heavy atom. The maximum absolute atomic E-state index is 11.1. The first kappa shape index (κ1) is 11.5. The van der Waals surface area contributed by atoms with Gasteiger partial charge in [0.25, 0.3) is 0 Å². The van der Waals surface area contributed by atoms with Crippen LogP contribution in [-0.4, -0.2) is 36.7 Å². The second-order valence-corrected chi connectivity index (χ2v) is 5.78. The van der Waals surface area contributed by atoms with Crippen LogP contribution in [0.3, 0.4) is 0 Å². The van der Waals surface area contributed by atoms with Crippen molar-refractivity contribution >= 4 is 5.91 Å². The van der Waals surface area contributed by atoms with Gasteiger partial charge < -0.3 is 15.4 Å². The molecule has 2 heterocycles. The van der Waals surface area contributed by atoms with Crippen molar-refractivity contribution < 1.29 is 9.53 Å². The molecule has 1 aliphatic carbocycles. The van der Waals surface area contributed by atoms with Crippen LogP contribution in [0.1, 0.15) is 44.9 Å². The molecule has 4 nitrogen and oxygen atoms in total. The lowest BCUT2D eigenvalue weighted by Gasteiger charge is -2.24. The van der Waals surface area contributed by atoms with Crippen molar-refractivity contribution in [3.63, 3.8) is 0 Å². The van der Waals surface area contributed by atoms with Gasteiger partial charge in [-0.1, -0.05) is 12.8 Å². The molecule has 0 aromatic carbocycles. The molecule has 2 unspecified atom stereocenters. The van der Waals surface area contributed by atoms with Crippen molar-refractivity contribution in [3.05, 3.63) is 0 Å². The molecule has 3 fully saturated rings. The molecule has 1 saturated carbocycles. The number of ether oxygens (including phenoxy) is 1. The van der Waals surface area contributed by atoms with Gasteiger partial charge in [-0.3, -0.25) is 4.79 Å². The van der Waals surface area contributed by atoms with Crippen LogP contribution in [0.4, 0.5) is 0 Å². The second kappa shape index (κ2) is 4.58. The van der Waals surface area contributed by atoms with E-state index >= 15 is 0 Å². The number of carbonyl (C=O) groups is 1. The summed E-state index contributed by atoms with van der Waals surface area (Å²) in [6, 6.07) is 0.311. The first-order chi connectivity index (χ1) is 8.26. The van der Waals surface area contributed by atoms with Gasteiger partial charge in [-0.05, 0) is 25.7 Å². The summed E-state index contributed by atoms with van der Waals surface area (Å²) in [6.45, 7) is 1.68. The third kappa shape index (κ3) is 2.47. The van der Waals surface area contributed by atoms with Crippen molar-refractivity contribution in [1.29, 1.82) is 0 Å². The highest BCUT2D eigenvalue weighted by Crippen LogP contribution is 2.43. The zero-order chi connectivity index (χ0) is 11.7. The van der Waals surface area contributed by atoms with E-state index in [-0.39, 0.29) is 11.5 Å². The van der Waals surface area contributed by atoms with Gasteiger partial charge in [-0.25, -0.2) is 0 Å². The van der Waals surface area contributed by atoms with Crippen LogP contribution in [-0.2, 0) is 9.53 Å². The van der Waals surface area contributed by atoms with Gasteiger partial charge in [0.15, 0.2) is 0 Å². The van der Waals surface area contributed by atoms with E-state index in [2.05, 4.69) is 10.6 Å². The van der Waals surface area contributed by atoms with E-state index in [1.165, 1.54) is 38.5 Å². The van der Waals surface area contributed by atoms with Crippen LogP contribution in [0.5, 0.6) is 0 Å². The van der Waals surface area contributed by atoms with E-state index in [9.17, 15) is 4.79 Å². The molecule has 3 aliphatic rings. The van der Waals surface area contributed by atoms with E-state index in [0.29, 0.717) is 18.6 Å². The molecule has 3 rings (SSSR count). The summed E-state index contributed by atoms with van der Waals surface area (Å²) in [5, 5.41) is 6.30. The lowest BCUT2D eigenvalue weighted by molar-refractivity contribution is -0.119. The third-order valence-electron chi connectivity index (χ3n) is 4.47. The van der Waals surface area contributed by atoms with Crippen molar-refractivity contribution in [1.82, 2.24) is 10.6 Å². The molecule has 17 heavy (non-hydrogen) atoms. The predicted molar refractivity (Wildman–Crippen MR) is 64.7 cm³/mol. The Kier molecular flexibility index (Phi) is 3.09. The molecule has 96 valence electrons. The molecule has 0 aromatic heterocycles. The maximum atomic E-state index is 11.1. The van der Waals surface area contributed by atoms with E-state index < -0.39 is 0 Å². The third-order valence-corrected chi connectivity index (χ3v) is 4.47. The van der Waals surface area contributed by atoms with Crippen molar-refractivity contribution in [2.24, 2.45) is 0 Å². The summed E-state index contributed by atoms with van der Waals surface area (Å²) in [7, 11) is 0. The Hall–Kier alpha value is -0.610. The Morgan fingerprint density at radius 3 is 2.88 bits per heavy atom. The summed E-state index contributed by atoms with van der Waals surface area (Å²) < 4.78 is 6.23. The smallest absolute Gasteiger partial charge is 0.221 e. The molecule has 2 aliphatic heterocycles. The quantitative estimate of drug-likeness (QED) is 0.770. The standard InChI is InChI=1S/C13H22N2O2/c16-12-7-10(8-15-12)14-9-11-3-6-13(17-11)4-1-2-5-13/h10-11,14H,1-9H2,(H,15,16). The summed E-state index contributed by atoms with van der Waals surface area (Å²) in [4.78, 5) is 11.1. The largest absolute Gasteiger partial charge is 0.370 e.